The molecule has 1 atom stereocenters. The highest BCUT2D eigenvalue weighted by Gasteiger charge is 2.25. The maximum absolute atomic E-state index is 12.4. The van der Waals surface area contributed by atoms with Crippen molar-refractivity contribution in [3.63, 3.8) is 0 Å². The molecule has 158 valence electrons. The van der Waals surface area contributed by atoms with E-state index in [1.54, 1.807) is 12.1 Å². The molecular formula is C18H27Cl3N4O3. The summed E-state index contributed by atoms with van der Waals surface area (Å²) in [5.74, 6) is 0.0506. The Bertz CT molecular complexity index is 636. The normalized spacial score (nSPS) is 19.9. The standard InChI is InChI=1S/C18H25ClN4O3.2ClH/c19-15-3-1-2-4-16(15)21-17(24)12-22-6-8-23(9-7-22)18(25)11-14-13-26-10-5-20-14;;/h1-4,14,20H,5-13H2,(H,21,24);2*1H. The molecule has 3 rings (SSSR count). The summed E-state index contributed by atoms with van der Waals surface area (Å²) in [4.78, 5) is 28.5. The van der Waals surface area contributed by atoms with Crippen LogP contribution in [0.4, 0.5) is 5.69 Å². The van der Waals surface area contributed by atoms with E-state index >= 15 is 0 Å². The van der Waals surface area contributed by atoms with E-state index in [2.05, 4.69) is 15.5 Å². The highest BCUT2D eigenvalue weighted by Crippen LogP contribution is 2.20. The van der Waals surface area contributed by atoms with Crippen molar-refractivity contribution in [3.05, 3.63) is 29.3 Å². The van der Waals surface area contributed by atoms with Gasteiger partial charge in [0.05, 0.1) is 30.5 Å². The number of carbonyl (C=O) groups is 2. The van der Waals surface area contributed by atoms with E-state index in [1.807, 2.05) is 17.0 Å². The van der Waals surface area contributed by atoms with E-state index in [1.165, 1.54) is 0 Å². The summed E-state index contributed by atoms with van der Waals surface area (Å²) in [6.45, 7) is 5.06. The van der Waals surface area contributed by atoms with Gasteiger partial charge in [0.15, 0.2) is 0 Å². The van der Waals surface area contributed by atoms with E-state index < -0.39 is 0 Å². The van der Waals surface area contributed by atoms with Gasteiger partial charge in [0.25, 0.3) is 0 Å². The molecule has 0 aliphatic carbocycles. The number of ether oxygens (including phenoxy) is 1. The van der Waals surface area contributed by atoms with Crippen molar-refractivity contribution in [2.24, 2.45) is 0 Å². The van der Waals surface area contributed by atoms with Crippen LogP contribution in [0.3, 0.4) is 0 Å². The smallest absolute Gasteiger partial charge is 0.238 e. The molecule has 7 nitrogen and oxygen atoms in total. The first-order valence-corrected chi connectivity index (χ1v) is 9.35. The van der Waals surface area contributed by atoms with Gasteiger partial charge in [-0.05, 0) is 12.1 Å². The molecule has 2 heterocycles. The topological polar surface area (TPSA) is 73.9 Å². The van der Waals surface area contributed by atoms with Gasteiger partial charge >= 0.3 is 0 Å². The second-order valence-electron chi connectivity index (χ2n) is 6.62. The van der Waals surface area contributed by atoms with Crippen molar-refractivity contribution in [1.82, 2.24) is 15.1 Å². The molecule has 28 heavy (non-hydrogen) atoms. The second-order valence-corrected chi connectivity index (χ2v) is 7.02. The molecule has 1 aromatic carbocycles. The molecule has 2 saturated heterocycles. The third kappa shape index (κ3) is 7.39. The van der Waals surface area contributed by atoms with Crippen molar-refractivity contribution in [3.8, 4) is 0 Å². The first-order chi connectivity index (χ1) is 12.6. The van der Waals surface area contributed by atoms with Gasteiger partial charge in [-0.15, -0.1) is 24.8 Å². The molecule has 2 fully saturated rings. The first-order valence-electron chi connectivity index (χ1n) is 8.97. The molecule has 0 saturated carbocycles. The summed E-state index contributed by atoms with van der Waals surface area (Å²) in [7, 11) is 0. The Morgan fingerprint density at radius 1 is 1.18 bits per heavy atom. The Hall–Kier alpha value is -1.09. The number of hydrogen-bond acceptors (Lipinski definition) is 5. The molecule has 2 aliphatic heterocycles. The number of anilines is 1. The van der Waals surface area contributed by atoms with E-state index in [0.29, 0.717) is 63.1 Å². The first kappa shape index (κ1) is 24.9. The number of benzene rings is 1. The molecule has 2 amide bonds. The Balaban J connectivity index is 0.00000196. The van der Waals surface area contributed by atoms with Crippen molar-refractivity contribution in [2.45, 2.75) is 12.5 Å². The van der Waals surface area contributed by atoms with Gasteiger partial charge < -0.3 is 20.3 Å². The predicted octanol–water partition coefficient (Wildman–Crippen LogP) is 1.64. The van der Waals surface area contributed by atoms with Gasteiger partial charge in [-0.25, -0.2) is 0 Å². The molecule has 0 bridgehead atoms. The third-order valence-electron chi connectivity index (χ3n) is 4.66. The number of hydrogen-bond donors (Lipinski definition) is 2. The van der Waals surface area contributed by atoms with Crippen LogP contribution in [-0.4, -0.2) is 80.1 Å². The lowest BCUT2D eigenvalue weighted by Gasteiger charge is -2.35. The Morgan fingerprint density at radius 2 is 1.89 bits per heavy atom. The number of nitrogens with zero attached hydrogens (tertiary/aromatic N) is 2. The van der Waals surface area contributed by atoms with Crippen LogP contribution >= 0.6 is 36.4 Å². The number of nitrogens with one attached hydrogen (secondary N) is 2. The van der Waals surface area contributed by atoms with Crippen LogP contribution < -0.4 is 10.6 Å². The van der Waals surface area contributed by atoms with Crippen LogP contribution in [-0.2, 0) is 14.3 Å². The lowest BCUT2D eigenvalue weighted by atomic mass is 10.1. The highest BCUT2D eigenvalue weighted by molar-refractivity contribution is 6.33. The van der Waals surface area contributed by atoms with Crippen LogP contribution in [0.2, 0.25) is 5.02 Å². The zero-order valence-corrected chi connectivity index (χ0v) is 18.0. The number of para-hydroxylation sites is 1. The van der Waals surface area contributed by atoms with Gasteiger partial charge in [0.2, 0.25) is 11.8 Å². The van der Waals surface area contributed by atoms with E-state index in [4.69, 9.17) is 16.3 Å². The van der Waals surface area contributed by atoms with Crippen molar-refractivity contribution in [2.75, 3.05) is 57.8 Å². The Morgan fingerprint density at radius 3 is 2.54 bits per heavy atom. The molecule has 1 aromatic rings. The van der Waals surface area contributed by atoms with E-state index in [9.17, 15) is 9.59 Å². The monoisotopic (exact) mass is 452 g/mol. The van der Waals surface area contributed by atoms with Crippen LogP contribution in [0.1, 0.15) is 6.42 Å². The van der Waals surface area contributed by atoms with Gasteiger partial charge in [-0.1, -0.05) is 23.7 Å². The molecule has 0 spiro atoms. The van der Waals surface area contributed by atoms with Gasteiger partial charge in [0.1, 0.15) is 0 Å². The second kappa shape index (κ2) is 12.5. The minimum absolute atomic E-state index is 0. The van der Waals surface area contributed by atoms with Gasteiger partial charge in [-0.3, -0.25) is 14.5 Å². The highest BCUT2D eigenvalue weighted by atomic mass is 35.5. The summed E-state index contributed by atoms with van der Waals surface area (Å²) in [5, 5.41) is 6.66. The number of morpholine rings is 1. The number of carbonyl (C=O) groups excluding carboxylic acids is 2. The lowest BCUT2D eigenvalue weighted by Crippen LogP contribution is -2.52. The number of rotatable bonds is 5. The van der Waals surface area contributed by atoms with Crippen LogP contribution in [0.25, 0.3) is 0 Å². The zero-order valence-electron chi connectivity index (χ0n) is 15.6. The van der Waals surface area contributed by atoms with E-state index in [0.717, 1.165) is 6.54 Å². The third-order valence-corrected chi connectivity index (χ3v) is 4.99. The van der Waals surface area contributed by atoms with Crippen molar-refractivity contribution in [1.29, 1.82) is 0 Å². The minimum Gasteiger partial charge on any atom is -0.378 e. The molecule has 0 aromatic heterocycles. The summed E-state index contributed by atoms with van der Waals surface area (Å²) in [6, 6.07) is 7.28. The molecular weight excluding hydrogens is 427 g/mol. The average Bonchev–Trinajstić information content (AvgIpc) is 2.65. The summed E-state index contributed by atoms with van der Waals surface area (Å²) in [5.41, 5.74) is 0.621. The Kier molecular flexibility index (Phi) is 11.1. The molecule has 0 radical (unpaired) electrons. The summed E-state index contributed by atoms with van der Waals surface area (Å²) < 4.78 is 5.39. The van der Waals surface area contributed by atoms with Crippen LogP contribution in [0.15, 0.2) is 24.3 Å². The molecule has 1 unspecified atom stereocenters. The van der Waals surface area contributed by atoms with Crippen molar-refractivity contribution >= 4 is 53.9 Å². The van der Waals surface area contributed by atoms with Crippen LogP contribution in [0, 0.1) is 0 Å². The SMILES string of the molecule is Cl.Cl.O=C(CN1CCN(C(=O)CC2COCCN2)CC1)Nc1ccccc1Cl. The summed E-state index contributed by atoms with van der Waals surface area (Å²) in [6.07, 6.45) is 0.465. The number of halogens is 3. The maximum atomic E-state index is 12.4. The fraction of sp³-hybridized carbons (Fsp3) is 0.556. The Labute approximate surface area is 182 Å². The maximum Gasteiger partial charge on any atom is 0.238 e. The molecule has 2 aliphatic rings. The average molecular weight is 454 g/mol. The van der Waals surface area contributed by atoms with Gasteiger partial charge in [-0.2, -0.15) is 0 Å². The molecule has 2 N–H and O–H groups in total. The predicted molar refractivity (Wildman–Crippen MR) is 115 cm³/mol. The van der Waals surface area contributed by atoms with Crippen LogP contribution in [0.5, 0.6) is 0 Å². The summed E-state index contributed by atoms with van der Waals surface area (Å²) >= 11 is 6.06. The largest absolute Gasteiger partial charge is 0.378 e. The zero-order chi connectivity index (χ0) is 18.4. The van der Waals surface area contributed by atoms with E-state index in [-0.39, 0.29) is 42.7 Å². The minimum atomic E-state index is -0.0959. The quantitative estimate of drug-likeness (QED) is 0.709. The lowest BCUT2D eigenvalue weighted by molar-refractivity contribution is -0.134. The number of piperazine rings is 1. The van der Waals surface area contributed by atoms with Crippen molar-refractivity contribution < 1.29 is 14.3 Å². The fourth-order valence-corrected chi connectivity index (χ4v) is 3.38. The fourth-order valence-electron chi connectivity index (χ4n) is 3.20. The number of amides is 2. The molecule has 10 heteroatoms. The van der Waals surface area contributed by atoms with Gasteiger partial charge in [0, 0.05) is 45.2 Å².